The van der Waals surface area contributed by atoms with Crippen LogP contribution in [0.15, 0.2) is 4.52 Å². The number of hydrogen-bond donors (Lipinski definition) is 2. The van der Waals surface area contributed by atoms with Gasteiger partial charge in [0.05, 0.1) is 5.92 Å². The van der Waals surface area contributed by atoms with Crippen LogP contribution in [0.3, 0.4) is 0 Å². The summed E-state index contributed by atoms with van der Waals surface area (Å²) in [5.41, 5.74) is -0.581. The molecule has 1 aromatic heterocycles. The lowest BCUT2D eigenvalue weighted by atomic mass is 9.89. The molecule has 1 aromatic rings. The molecule has 9 nitrogen and oxygen atoms in total. The second-order valence-electron chi connectivity index (χ2n) is 10.1. The smallest absolute Gasteiger partial charge is 0.227 e. The van der Waals surface area contributed by atoms with Crippen LogP contribution in [0.2, 0.25) is 0 Å². The molecule has 33 heavy (non-hydrogen) atoms. The maximum absolute atomic E-state index is 12.8. The van der Waals surface area contributed by atoms with Crippen molar-refractivity contribution in [2.75, 3.05) is 19.6 Å². The molecule has 1 aliphatic heterocycles. The van der Waals surface area contributed by atoms with E-state index in [2.05, 4.69) is 20.8 Å². The Bertz CT molecular complexity index is 842. The Morgan fingerprint density at radius 3 is 2.55 bits per heavy atom. The van der Waals surface area contributed by atoms with Crippen molar-refractivity contribution in [3.63, 3.8) is 0 Å². The number of amides is 3. The summed E-state index contributed by atoms with van der Waals surface area (Å²) in [6, 6.07) is 0. The zero-order chi connectivity index (χ0) is 23.3. The third-order valence-corrected chi connectivity index (χ3v) is 7.23. The quantitative estimate of drug-likeness (QED) is 0.577. The molecule has 182 valence electrons. The highest BCUT2D eigenvalue weighted by molar-refractivity contribution is 5.81. The van der Waals surface area contributed by atoms with Gasteiger partial charge >= 0.3 is 0 Å². The summed E-state index contributed by atoms with van der Waals surface area (Å²) in [7, 11) is 0. The molecular formula is C24H37N5O4. The van der Waals surface area contributed by atoms with E-state index < -0.39 is 5.54 Å². The summed E-state index contributed by atoms with van der Waals surface area (Å²) in [5.74, 6) is 1.46. The first kappa shape index (κ1) is 23.7. The number of carbonyl (C=O) groups excluding carboxylic acids is 3. The van der Waals surface area contributed by atoms with E-state index in [0.717, 1.165) is 57.9 Å². The van der Waals surface area contributed by atoms with Crippen LogP contribution in [-0.2, 0) is 26.3 Å². The van der Waals surface area contributed by atoms with Gasteiger partial charge in [-0.1, -0.05) is 30.8 Å². The molecule has 2 aliphatic carbocycles. The zero-order valence-corrected chi connectivity index (χ0v) is 19.7. The molecule has 3 amide bonds. The van der Waals surface area contributed by atoms with Crippen LogP contribution in [0, 0.1) is 11.8 Å². The fraction of sp³-hybridized carbons (Fsp3) is 0.792. The molecule has 3 fully saturated rings. The Hall–Kier alpha value is -2.45. The summed E-state index contributed by atoms with van der Waals surface area (Å²) in [6.45, 7) is 3.45. The standard InChI is InChI=1S/C24H37N5O4/c1-17(30)27-24(12-4-2-3-5-13-24)23-26-20(33-28-23)10-11-21(31)29-14-6-7-19(16-29)22(32)25-15-18-8-9-18/h18-19H,2-16H2,1H3,(H,25,32)(H,27,30). The predicted octanol–water partition coefficient (Wildman–Crippen LogP) is 2.45. The first-order valence-electron chi connectivity index (χ1n) is 12.6. The Labute approximate surface area is 195 Å². The van der Waals surface area contributed by atoms with E-state index >= 15 is 0 Å². The Kier molecular flexibility index (Phi) is 7.65. The lowest BCUT2D eigenvalue weighted by Crippen LogP contribution is -2.46. The van der Waals surface area contributed by atoms with Crippen molar-refractivity contribution in [3.8, 4) is 0 Å². The van der Waals surface area contributed by atoms with Gasteiger partial charge in [0.1, 0.15) is 5.54 Å². The number of nitrogens with one attached hydrogen (secondary N) is 2. The van der Waals surface area contributed by atoms with Crippen LogP contribution in [0.25, 0.3) is 0 Å². The molecule has 2 heterocycles. The van der Waals surface area contributed by atoms with Gasteiger partial charge in [-0.2, -0.15) is 4.98 Å². The number of likely N-dealkylation sites (tertiary alicyclic amines) is 1. The summed E-state index contributed by atoms with van der Waals surface area (Å²) < 4.78 is 5.48. The van der Waals surface area contributed by atoms with Gasteiger partial charge in [0, 0.05) is 39.4 Å². The average Bonchev–Trinajstić information content (AvgIpc) is 3.57. The Morgan fingerprint density at radius 2 is 1.85 bits per heavy atom. The lowest BCUT2D eigenvalue weighted by Gasteiger charge is -2.32. The largest absolute Gasteiger partial charge is 0.356 e. The Balaban J connectivity index is 1.31. The second kappa shape index (κ2) is 10.7. The highest BCUT2D eigenvalue weighted by atomic mass is 16.5. The van der Waals surface area contributed by atoms with E-state index in [0.29, 0.717) is 37.1 Å². The SMILES string of the molecule is CC(=O)NC1(c2noc(CCC(=O)N3CCCC(C(=O)NCC4CC4)C3)n2)CCCCCC1. The molecule has 3 aliphatic rings. The molecule has 0 aromatic carbocycles. The van der Waals surface area contributed by atoms with Crippen LogP contribution >= 0.6 is 0 Å². The van der Waals surface area contributed by atoms with Gasteiger partial charge in [-0.25, -0.2) is 0 Å². The zero-order valence-electron chi connectivity index (χ0n) is 19.7. The monoisotopic (exact) mass is 459 g/mol. The molecule has 2 N–H and O–H groups in total. The van der Waals surface area contributed by atoms with Crippen molar-refractivity contribution in [2.24, 2.45) is 11.8 Å². The maximum Gasteiger partial charge on any atom is 0.227 e. The van der Waals surface area contributed by atoms with Crippen molar-refractivity contribution in [1.82, 2.24) is 25.7 Å². The van der Waals surface area contributed by atoms with E-state index in [1.807, 2.05) is 0 Å². The lowest BCUT2D eigenvalue weighted by molar-refractivity contribution is -0.135. The molecule has 0 spiro atoms. The summed E-state index contributed by atoms with van der Waals surface area (Å²) in [6.07, 6.45) is 10.6. The molecule has 4 rings (SSSR count). The number of aryl methyl sites for hydroxylation is 1. The van der Waals surface area contributed by atoms with E-state index in [1.54, 1.807) is 4.90 Å². The number of hydrogen-bond acceptors (Lipinski definition) is 6. The van der Waals surface area contributed by atoms with Crippen LogP contribution in [0.5, 0.6) is 0 Å². The maximum atomic E-state index is 12.8. The average molecular weight is 460 g/mol. The minimum atomic E-state index is -0.581. The number of aromatic nitrogens is 2. The van der Waals surface area contributed by atoms with E-state index in [-0.39, 0.29) is 30.1 Å². The van der Waals surface area contributed by atoms with Gasteiger partial charge in [-0.3, -0.25) is 14.4 Å². The minimum absolute atomic E-state index is 0.0143. The van der Waals surface area contributed by atoms with Gasteiger partial charge in [0.15, 0.2) is 5.82 Å². The molecule has 0 radical (unpaired) electrons. The molecule has 2 saturated carbocycles. The minimum Gasteiger partial charge on any atom is -0.356 e. The topological polar surface area (TPSA) is 117 Å². The third kappa shape index (κ3) is 6.32. The summed E-state index contributed by atoms with van der Waals surface area (Å²) in [4.78, 5) is 43.5. The summed E-state index contributed by atoms with van der Waals surface area (Å²) in [5, 5.41) is 10.3. The molecule has 1 atom stereocenters. The third-order valence-electron chi connectivity index (χ3n) is 7.23. The molecular weight excluding hydrogens is 422 g/mol. The second-order valence-corrected chi connectivity index (χ2v) is 10.1. The molecule has 1 saturated heterocycles. The van der Waals surface area contributed by atoms with Crippen molar-refractivity contribution in [1.29, 1.82) is 0 Å². The van der Waals surface area contributed by atoms with Gasteiger partial charge < -0.3 is 20.1 Å². The Morgan fingerprint density at radius 1 is 1.09 bits per heavy atom. The van der Waals surface area contributed by atoms with Crippen molar-refractivity contribution < 1.29 is 18.9 Å². The van der Waals surface area contributed by atoms with Crippen LogP contribution in [0.4, 0.5) is 0 Å². The number of carbonyl (C=O) groups is 3. The summed E-state index contributed by atoms with van der Waals surface area (Å²) >= 11 is 0. The predicted molar refractivity (Wildman–Crippen MR) is 121 cm³/mol. The van der Waals surface area contributed by atoms with Gasteiger partial charge in [0.2, 0.25) is 23.6 Å². The van der Waals surface area contributed by atoms with E-state index in [9.17, 15) is 14.4 Å². The molecule has 1 unspecified atom stereocenters. The van der Waals surface area contributed by atoms with Crippen LogP contribution in [0.1, 0.15) is 89.3 Å². The molecule has 0 bridgehead atoms. The van der Waals surface area contributed by atoms with Crippen LogP contribution < -0.4 is 10.6 Å². The fourth-order valence-corrected chi connectivity index (χ4v) is 5.13. The van der Waals surface area contributed by atoms with Gasteiger partial charge in [0.25, 0.3) is 0 Å². The first-order chi connectivity index (χ1) is 15.9. The normalized spacial score (nSPS) is 22.9. The van der Waals surface area contributed by atoms with Crippen molar-refractivity contribution in [3.05, 3.63) is 11.7 Å². The number of nitrogens with zero attached hydrogens (tertiary/aromatic N) is 3. The van der Waals surface area contributed by atoms with E-state index in [4.69, 9.17) is 4.52 Å². The first-order valence-corrected chi connectivity index (χ1v) is 12.6. The van der Waals surface area contributed by atoms with Gasteiger partial charge in [-0.15, -0.1) is 0 Å². The fourth-order valence-electron chi connectivity index (χ4n) is 5.13. The van der Waals surface area contributed by atoms with Crippen molar-refractivity contribution in [2.45, 2.75) is 89.5 Å². The van der Waals surface area contributed by atoms with Crippen LogP contribution in [-0.4, -0.2) is 52.4 Å². The van der Waals surface area contributed by atoms with E-state index in [1.165, 1.54) is 19.8 Å². The highest BCUT2D eigenvalue weighted by Gasteiger charge is 2.38. The highest BCUT2D eigenvalue weighted by Crippen LogP contribution is 2.34. The number of rotatable bonds is 8. The van der Waals surface area contributed by atoms with Crippen molar-refractivity contribution >= 4 is 17.7 Å². The number of piperidine rings is 1. The van der Waals surface area contributed by atoms with Gasteiger partial charge in [-0.05, 0) is 44.4 Å². The molecule has 9 heteroatoms.